The summed E-state index contributed by atoms with van der Waals surface area (Å²) in [4.78, 5) is 0. The second-order valence-electron chi connectivity index (χ2n) is 10.3. The van der Waals surface area contributed by atoms with Gasteiger partial charge in [0.2, 0.25) is 0 Å². The predicted octanol–water partition coefficient (Wildman–Crippen LogP) is 2.47. The standard InChI is InChI=1S/C21H36O4/c1-12(22)21(25)9-6-16-18-15(5-8-20(16,21)3)19(2)7-4-14(23)10-13(19)11-17(18)24/h12-18,22-25H,4-11H2,1-3H3. The molecule has 0 heterocycles. The molecule has 10 unspecified atom stereocenters. The van der Waals surface area contributed by atoms with E-state index in [0.29, 0.717) is 18.3 Å². The van der Waals surface area contributed by atoms with Crippen LogP contribution in [-0.2, 0) is 0 Å². The number of aliphatic hydroxyl groups excluding tert-OH is 3. The maximum Gasteiger partial charge on any atom is 0.0958 e. The molecule has 25 heavy (non-hydrogen) atoms. The largest absolute Gasteiger partial charge is 0.393 e. The van der Waals surface area contributed by atoms with E-state index in [0.717, 1.165) is 44.9 Å². The first-order valence-corrected chi connectivity index (χ1v) is 10.4. The van der Waals surface area contributed by atoms with Gasteiger partial charge in [-0.1, -0.05) is 13.8 Å². The molecule has 0 saturated heterocycles. The van der Waals surface area contributed by atoms with Crippen molar-refractivity contribution >= 4 is 0 Å². The fourth-order valence-corrected chi connectivity index (χ4v) is 7.94. The van der Waals surface area contributed by atoms with Gasteiger partial charge >= 0.3 is 0 Å². The highest BCUT2D eigenvalue weighted by Crippen LogP contribution is 2.68. The summed E-state index contributed by atoms with van der Waals surface area (Å²) in [5, 5.41) is 42.8. The monoisotopic (exact) mass is 352 g/mol. The van der Waals surface area contributed by atoms with E-state index in [4.69, 9.17) is 0 Å². The Hall–Kier alpha value is -0.160. The summed E-state index contributed by atoms with van der Waals surface area (Å²) >= 11 is 0. The van der Waals surface area contributed by atoms with Gasteiger partial charge in [-0.25, -0.2) is 0 Å². The van der Waals surface area contributed by atoms with Gasteiger partial charge in [0.1, 0.15) is 0 Å². The van der Waals surface area contributed by atoms with E-state index in [1.807, 2.05) is 0 Å². The van der Waals surface area contributed by atoms with Crippen molar-refractivity contribution < 1.29 is 20.4 Å². The maximum absolute atomic E-state index is 11.3. The van der Waals surface area contributed by atoms with Crippen LogP contribution in [0.3, 0.4) is 0 Å². The van der Waals surface area contributed by atoms with Gasteiger partial charge in [0.25, 0.3) is 0 Å². The maximum atomic E-state index is 11.3. The Balaban J connectivity index is 1.68. The molecule has 0 radical (unpaired) electrons. The van der Waals surface area contributed by atoms with Gasteiger partial charge in [0.05, 0.1) is 23.9 Å². The van der Waals surface area contributed by atoms with Crippen LogP contribution in [0.4, 0.5) is 0 Å². The molecule has 144 valence electrons. The molecule has 4 N–H and O–H groups in total. The van der Waals surface area contributed by atoms with E-state index in [-0.39, 0.29) is 34.9 Å². The lowest BCUT2D eigenvalue weighted by Crippen LogP contribution is -2.62. The first-order valence-electron chi connectivity index (χ1n) is 10.4. The van der Waals surface area contributed by atoms with Gasteiger partial charge < -0.3 is 20.4 Å². The van der Waals surface area contributed by atoms with Crippen LogP contribution in [0.5, 0.6) is 0 Å². The highest BCUT2D eigenvalue weighted by molar-refractivity contribution is 5.16. The highest BCUT2D eigenvalue weighted by Gasteiger charge is 2.67. The van der Waals surface area contributed by atoms with Crippen molar-refractivity contribution in [3.05, 3.63) is 0 Å². The molecule has 0 aromatic carbocycles. The number of hydrogen-bond acceptors (Lipinski definition) is 4. The zero-order valence-electron chi connectivity index (χ0n) is 16.0. The lowest BCUT2D eigenvalue weighted by atomic mass is 9.43. The molecule has 4 heteroatoms. The Morgan fingerprint density at radius 2 is 1.60 bits per heavy atom. The number of rotatable bonds is 1. The molecule has 4 nitrogen and oxygen atoms in total. The van der Waals surface area contributed by atoms with Crippen molar-refractivity contribution in [3.63, 3.8) is 0 Å². The Morgan fingerprint density at radius 3 is 2.28 bits per heavy atom. The fraction of sp³-hybridized carbons (Fsp3) is 1.00. The molecule has 4 aliphatic rings. The second kappa shape index (κ2) is 5.67. The third kappa shape index (κ3) is 2.27. The summed E-state index contributed by atoms with van der Waals surface area (Å²) in [6, 6.07) is 0. The highest BCUT2D eigenvalue weighted by atomic mass is 16.3. The van der Waals surface area contributed by atoms with Crippen LogP contribution in [-0.4, -0.2) is 44.3 Å². The van der Waals surface area contributed by atoms with E-state index < -0.39 is 11.7 Å². The molecule has 0 bridgehead atoms. The van der Waals surface area contributed by atoms with Crippen LogP contribution in [0.15, 0.2) is 0 Å². The summed E-state index contributed by atoms with van der Waals surface area (Å²) in [7, 11) is 0. The van der Waals surface area contributed by atoms with E-state index in [9.17, 15) is 20.4 Å². The van der Waals surface area contributed by atoms with Crippen molar-refractivity contribution in [3.8, 4) is 0 Å². The molecule has 10 atom stereocenters. The summed E-state index contributed by atoms with van der Waals surface area (Å²) in [5.41, 5.74) is -1.13. The molecule has 0 aromatic heterocycles. The minimum atomic E-state index is -1.02. The van der Waals surface area contributed by atoms with Gasteiger partial charge in [-0.15, -0.1) is 0 Å². The van der Waals surface area contributed by atoms with Crippen LogP contribution in [0.2, 0.25) is 0 Å². The number of hydrogen-bond donors (Lipinski definition) is 4. The lowest BCUT2D eigenvalue weighted by Gasteiger charge is -2.63. The quantitative estimate of drug-likeness (QED) is 0.584. The Labute approximate surface area is 151 Å². The molecular formula is C21H36O4. The Kier molecular flexibility index (Phi) is 4.13. The third-order valence-corrected chi connectivity index (χ3v) is 9.56. The first kappa shape index (κ1) is 18.2. The molecule has 4 rings (SSSR count). The molecule has 0 aliphatic heterocycles. The molecule has 0 spiro atoms. The van der Waals surface area contributed by atoms with Crippen LogP contribution < -0.4 is 0 Å². The van der Waals surface area contributed by atoms with Gasteiger partial charge in [-0.05, 0) is 87.4 Å². The van der Waals surface area contributed by atoms with E-state index in [1.54, 1.807) is 6.92 Å². The van der Waals surface area contributed by atoms with Crippen molar-refractivity contribution in [1.82, 2.24) is 0 Å². The van der Waals surface area contributed by atoms with Crippen LogP contribution in [0.25, 0.3) is 0 Å². The van der Waals surface area contributed by atoms with Crippen LogP contribution >= 0.6 is 0 Å². The van der Waals surface area contributed by atoms with Crippen LogP contribution in [0.1, 0.15) is 72.1 Å². The van der Waals surface area contributed by atoms with Gasteiger partial charge in [0.15, 0.2) is 0 Å². The normalized spacial score (nSPS) is 59.6. The van der Waals surface area contributed by atoms with Crippen LogP contribution in [0, 0.1) is 34.5 Å². The van der Waals surface area contributed by atoms with E-state index >= 15 is 0 Å². The predicted molar refractivity (Wildman–Crippen MR) is 95.8 cm³/mol. The molecule has 0 amide bonds. The Bertz CT molecular complexity index is 536. The molecular weight excluding hydrogens is 316 g/mol. The third-order valence-electron chi connectivity index (χ3n) is 9.56. The summed E-state index contributed by atoms with van der Waals surface area (Å²) < 4.78 is 0. The fourth-order valence-electron chi connectivity index (χ4n) is 7.94. The number of fused-ring (bicyclic) bond motifs is 5. The SMILES string of the molecule is CC(O)C1(O)CCC2C3C(O)CC4CC(O)CCC4(C)C3CCC21C. The summed E-state index contributed by atoms with van der Waals surface area (Å²) in [6.07, 6.45) is 5.77. The minimum absolute atomic E-state index is 0.204. The van der Waals surface area contributed by atoms with Crippen molar-refractivity contribution in [1.29, 1.82) is 0 Å². The molecule has 4 aliphatic carbocycles. The average Bonchev–Trinajstić information content (AvgIpc) is 2.82. The molecule has 4 fully saturated rings. The van der Waals surface area contributed by atoms with E-state index in [1.165, 1.54) is 0 Å². The summed E-state index contributed by atoms with van der Waals surface area (Å²) in [6.45, 7) is 6.27. The molecule has 0 aromatic rings. The van der Waals surface area contributed by atoms with Gasteiger partial charge in [-0.3, -0.25) is 0 Å². The van der Waals surface area contributed by atoms with Crippen molar-refractivity contribution in [2.45, 2.75) is 96.1 Å². The first-order chi connectivity index (χ1) is 11.6. The molecule has 4 saturated carbocycles. The lowest BCUT2D eigenvalue weighted by molar-refractivity contribution is -0.208. The van der Waals surface area contributed by atoms with E-state index in [2.05, 4.69) is 13.8 Å². The minimum Gasteiger partial charge on any atom is -0.393 e. The zero-order valence-corrected chi connectivity index (χ0v) is 16.0. The average molecular weight is 353 g/mol. The number of aliphatic hydroxyl groups is 4. The van der Waals surface area contributed by atoms with Crippen molar-refractivity contribution in [2.75, 3.05) is 0 Å². The smallest absolute Gasteiger partial charge is 0.0958 e. The van der Waals surface area contributed by atoms with Gasteiger partial charge in [-0.2, -0.15) is 0 Å². The summed E-state index contributed by atoms with van der Waals surface area (Å²) in [5.74, 6) is 1.39. The second-order valence-corrected chi connectivity index (χ2v) is 10.3. The van der Waals surface area contributed by atoms with Gasteiger partial charge in [0, 0.05) is 5.41 Å². The topological polar surface area (TPSA) is 80.9 Å². The van der Waals surface area contributed by atoms with Crippen molar-refractivity contribution in [2.24, 2.45) is 34.5 Å². The Morgan fingerprint density at radius 1 is 0.920 bits per heavy atom. The zero-order chi connectivity index (χ0) is 18.2.